The molecule has 0 bridgehead atoms. The number of rotatable bonds is 5. The third kappa shape index (κ3) is 3.51. The van der Waals surface area contributed by atoms with Crippen molar-refractivity contribution in [1.29, 1.82) is 0 Å². The van der Waals surface area contributed by atoms with Crippen molar-refractivity contribution in [2.24, 2.45) is 0 Å². The van der Waals surface area contributed by atoms with E-state index in [-0.39, 0.29) is 11.9 Å². The minimum absolute atomic E-state index is 0.362. The quantitative estimate of drug-likeness (QED) is 0.898. The van der Waals surface area contributed by atoms with E-state index in [1.165, 1.54) is 12.1 Å². The molecule has 0 radical (unpaired) electrons. The Bertz CT molecular complexity index is 760. The summed E-state index contributed by atoms with van der Waals surface area (Å²) in [6.07, 6.45) is 1.40. The molecule has 25 heavy (non-hydrogen) atoms. The molecule has 4 nitrogen and oxygen atoms in total. The molecule has 2 atom stereocenters. The smallest absolute Gasteiger partial charge is 0.320 e. The lowest BCUT2D eigenvalue weighted by molar-refractivity contribution is -0.142. The molecule has 1 aliphatic heterocycles. The number of hydrogen-bond acceptors (Lipinski definition) is 3. The minimum atomic E-state index is -0.843. The number of nitrogens with zero attached hydrogens (tertiary/aromatic N) is 1. The Morgan fingerprint density at radius 2 is 2.00 bits per heavy atom. The Balaban J connectivity index is 2.14. The van der Waals surface area contributed by atoms with Gasteiger partial charge in [0.05, 0.1) is 13.2 Å². The van der Waals surface area contributed by atoms with E-state index < -0.39 is 12.0 Å². The molecule has 0 amide bonds. The van der Waals surface area contributed by atoms with Crippen molar-refractivity contribution in [1.82, 2.24) is 4.90 Å². The number of benzene rings is 2. The summed E-state index contributed by atoms with van der Waals surface area (Å²) in [5.41, 5.74) is 2.70. The number of carboxylic acids is 1. The third-order valence-electron chi connectivity index (χ3n) is 4.79. The SMILES string of the molecule is COc1ccc(F)cc1C(c1ccc(C)cc1)N1CCCC1C(=O)O. The second-order valence-corrected chi connectivity index (χ2v) is 6.43. The van der Waals surface area contributed by atoms with E-state index in [2.05, 4.69) is 0 Å². The van der Waals surface area contributed by atoms with Crippen molar-refractivity contribution >= 4 is 5.97 Å². The lowest BCUT2D eigenvalue weighted by atomic mass is 9.94. The molecule has 132 valence electrons. The number of carbonyl (C=O) groups is 1. The topological polar surface area (TPSA) is 49.8 Å². The number of halogens is 1. The van der Waals surface area contributed by atoms with E-state index in [0.717, 1.165) is 17.5 Å². The maximum absolute atomic E-state index is 14.0. The molecule has 1 fully saturated rings. The average Bonchev–Trinajstić information content (AvgIpc) is 3.07. The molecular formula is C20H22FNO3. The van der Waals surface area contributed by atoms with E-state index in [9.17, 15) is 14.3 Å². The van der Waals surface area contributed by atoms with E-state index in [0.29, 0.717) is 24.3 Å². The summed E-state index contributed by atoms with van der Waals surface area (Å²) in [5, 5.41) is 9.60. The standard InChI is InChI=1S/C20H22FNO3/c1-13-5-7-14(8-6-13)19(22-11-3-4-17(22)20(23)24)16-12-15(21)9-10-18(16)25-2/h5-10,12,17,19H,3-4,11H2,1-2H3,(H,23,24). The van der Waals surface area contributed by atoms with Crippen LogP contribution in [0.15, 0.2) is 42.5 Å². The van der Waals surface area contributed by atoms with Crippen LogP contribution in [0.25, 0.3) is 0 Å². The maximum atomic E-state index is 14.0. The molecule has 0 spiro atoms. The van der Waals surface area contributed by atoms with Crippen LogP contribution in [0, 0.1) is 12.7 Å². The fraction of sp³-hybridized carbons (Fsp3) is 0.350. The van der Waals surface area contributed by atoms with Crippen LogP contribution in [-0.2, 0) is 4.79 Å². The number of likely N-dealkylation sites (tertiary alicyclic amines) is 1. The Morgan fingerprint density at radius 1 is 1.28 bits per heavy atom. The largest absolute Gasteiger partial charge is 0.496 e. The van der Waals surface area contributed by atoms with E-state index in [1.807, 2.05) is 36.1 Å². The van der Waals surface area contributed by atoms with Gasteiger partial charge in [0.15, 0.2) is 0 Å². The van der Waals surface area contributed by atoms with Gasteiger partial charge in [-0.2, -0.15) is 0 Å². The molecule has 1 N–H and O–H groups in total. The lowest BCUT2D eigenvalue weighted by Gasteiger charge is -2.33. The monoisotopic (exact) mass is 343 g/mol. The van der Waals surface area contributed by atoms with Crippen molar-refractivity contribution in [2.75, 3.05) is 13.7 Å². The van der Waals surface area contributed by atoms with Gasteiger partial charge in [-0.3, -0.25) is 9.69 Å². The van der Waals surface area contributed by atoms with Gasteiger partial charge in [-0.1, -0.05) is 29.8 Å². The van der Waals surface area contributed by atoms with Crippen LogP contribution in [0.3, 0.4) is 0 Å². The fourth-order valence-corrected chi connectivity index (χ4v) is 3.58. The summed E-state index contributed by atoms with van der Waals surface area (Å²) in [6, 6.07) is 11.4. The molecule has 3 rings (SSSR count). The summed E-state index contributed by atoms with van der Waals surface area (Å²) >= 11 is 0. The van der Waals surface area contributed by atoms with E-state index >= 15 is 0 Å². The molecule has 5 heteroatoms. The van der Waals surface area contributed by atoms with Gasteiger partial charge in [0.1, 0.15) is 17.6 Å². The fourth-order valence-electron chi connectivity index (χ4n) is 3.58. The summed E-state index contributed by atoms with van der Waals surface area (Å²) in [4.78, 5) is 13.6. The number of ether oxygens (including phenoxy) is 1. The number of methoxy groups -OCH3 is 1. The highest BCUT2D eigenvalue weighted by molar-refractivity contribution is 5.74. The van der Waals surface area contributed by atoms with Crippen LogP contribution in [-0.4, -0.2) is 35.7 Å². The van der Waals surface area contributed by atoms with Crippen LogP contribution in [0.2, 0.25) is 0 Å². The van der Waals surface area contributed by atoms with Crippen molar-refractivity contribution in [3.63, 3.8) is 0 Å². The van der Waals surface area contributed by atoms with Gasteiger partial charge < -0.3 is 9.84 Å². The predicted molar refractivity (Wildman–Crippen MR) is 93.3 cm³/mol. The highest BCUT2D eigenvalue weighted by Gasteiger charge is 2.38. The molecule has 1 aliphatic rings. The molecule has 0 saturated carbocycles. The number of carboxylic acid groups (broad SMARTS) is 1. The Hall–Kier alpha value is -2.40. The molecular weight excluding hydrogens is 321 g/mol. The molecule has 0 aliphatic carbocycles. The van der Waals surface area contributed by atoms with E-state index in [1.54, 1.807) is 13.2 Å². The molecule has 2 aromatic rings. The molecule has 1 heterocycles. The molecule has 2 aromatic carbocycles. The van der Waals surface area contributed by atoms with Gasteiger partial charge in [-0.15, -0.1) is 0 Å². The molecule has 2 unspecified atom stereocenters. The highest BCUT2D eigenvalue weighted by atomic mass is 19.1. The second-order valence-electron chi connectivity index (χ2n) is 6.43. The van der Waals surface area contributed by atoms with Gasteiger partial charge >= 0.3 is 5.97 Å². The van der Waals surface area contributed by atoms with Gasteiger partial charge in [-0.05, 0) is 43.5 Å². The van der Waals surface area contributed by atoms with Gasteiger partial charge in [-0.25, -0.2) is 4.39 Å². The Labute approximate surface area is 146 Å². The first kappa shape index (κ1) is 17.4. The number of aliphatic carboxylic acids is 1. The van der Waals surface area contributed by atoms with Crippen LogP contribution < -0.4 is 4.74 Å². The predicted octanol–water partition coefficient (Wildman–Crippen LogP) is 3.78. The maximum Gasteiger partial charge on any atom is 0.320 e. The Kier molecular flexibility index (Phi) is 5.04. The van der Waals surface area contributed by atoms with Crippen LogP contribution in [0.1, 0.15) is 35.6 Å². The zero-order valence-corrected chi connectivity index (χ0v) is 14.4. The summed E-state index contributed by atoms with van der Waals surface area (Å²) < 4.78 is 19.4. The summed E-state index contributed by atoms with van der Waals surface area (Å²) in [6.45, 7) is 2.65. The van der Waals surface area contributed by atoms with Crippen molar-refractivity contribution in [2.45, 2.75) is 31.8 Å². The van der Waals surface area contributed by atoms with E-state index in [4.69, 9.17) is 4.74 Å². The van der Waals surface area contributed by atoms with Gasteiger partial charge in [0.25, 0.3) is 0 Å². The summed E-state index contributed by atoms with van der Waals surface area (Å²) in [7, 11) is 1.54. The third-order valence-corrected chi connectivity index (χ3v) is 4.79. The average molecular weight is 343 g/mol. The first-order valence-electron chi connectivity index (χ1n) is 8.40. The number of aryl methyl sites for hydroxylation is 1. The highest BCUT2D eigenvalue weighted by Crippen LogP contribution is 2.39. The van der Waals surface area contributed by atoms with Crippen LogP contribution >= 0.6 is 0 Å². The molecule has 0 aromatic heterocycles. The van der Waals surface area contributed by atoms with Crippen molar-refractivity contribution < 1.29 is 19.0 Å². The first-order chi connectivity index (χ1) is 12.0. The molecule has 1 saturated heterocycles. The Morgan fingerprint density at radius 3 is 2.64 bits per heavy atom. The zero-order chi connectivity index (χ0) is 18.0. The van der Waals surface area contributed by atoms with Gasteiger partial charge in [0, 0.05) is 12.1 Å². The van der Waals surface area contributed by atoms with Crippen LogP contribution in [0.4, 0.5) is 4.39 Å². The van der Waals surface area contributed by atoms with Gasteiger partial charge in [0.2, 0.25) is 0 Å². The normalized spacial score (nSPS) is 18.9. The zero-order valence-electron chi connectivity index (χ0n) is 14.4. The summed E-state index contributed by atoms with van der Waals surface area (Å²) in [5.74, 6) is -0.646. The number of hydrogen-bond donors (Lipinski definition) is 1. The first-order valence-corrected chi connectivity index (χ1v) is 8.40. The lowest BCUT2D eigenvalue weighted by Crippen LogP contribution is -2.39. The minimum Gasteiger partial charge on any atom is -0.496 e. The second kappa shape index (κ2) is 7.23. The van der Waals surface area contributed by atoms with Crippen molar-refractivity contribution in [3.8, 4) is 5.75 Å². The van der Waals surface area contributed by atoms with Crippen molar-refractivity contribution in [3.05, 3.63) is 65.0 Å². The van der Waals surface area contributed by atoms with Crippen LogP contribution in [0.5, 0.6) is 5.75 Å².